The Morgan fingerprint density at radius 3 is 2.61 bits per heavy atom. The van der Waals surface area contributed by atoms with E-state index in [2.05, 4.69) is 26.8 Å². The molecule has 0 unspecified atom stereocenters. The highest BCUT2D eigenvalue weighted by Gasteiger charge is 2.53. The molecule has 0 aromatic rings. The van der Waals surface area contributed by atoms with Crippen molar-refractivity contribution in [3.63, 3.8) is 0 Å². The summed E-state index contributed by atoms with van der Waals surface area (Å²) in [6.07, 6.45) is 8.74. The Labute approximate surface area is 137 Å². The molecule has 2 aliphatic heterocycles. The zero-order valence-electron chi connectivity index (χ0n) is 14.5. The molecule has 0 saturated heterocycles. The van der Waals surface area contributed by atoms with E-state index in [0.717, 1.165) is 16.9 Å². The highest BCUT2D eigenvalue weighted by molar-refractivity contribution is 6.08. The van der Waals surface area contributed by atoms with Crippen LogP contribution in [0.25, 0.3) is 0 Å². The van der Waals surface area contributed by atoms with Crippen LogP contribution in [0, 0.1) is 11.3 Å². The van der Waals surface area contributed by atoms with Gasteiger partial charge in [-0.3, -0.25) is 9.59 Å². The molecule has 3 rings (SSSR count). The summed E-state index contributed by atoms with van der Waals surface area (Å²) in [6.45, 7) is 9.86. The maximum atomic E-state index is 13.0. The van der Waals surface area contributed by atoms with Gasteiger partial charge in [-0.1, -0.05) is 32.9 Å². The molecule has 2 atom stereocenters. The number of ether oxygens (including phenoxy) is 1. The number of fused-ring (bicyclic) bond motifs is 1. The first-order chi connectivity index (χ1) is 10.6. The molecule has 0 aromatic carbocycles. The molecule has 0 fully saturated rings. The van der Waals surface area contributed by atoms with Gasteiger partial charge in [0.15, 0.2) is 11.4 Å². The zero-order chi connectivity index (χ0) is 17.0. The molecule has 3 aliphatic rings. The van der Waals surface area contributed by atoms with Crippen molar-refractivity contribution < 1.29 is 14.3 Å². The summed E-state index contributed by atoms with van der Waals surface area (Å²) in [5.41, 5.74) is 1.05. The van der Waals surface area contributed by atoms with Crippen LogP contribution in [-0.2, 0) is 14.3 Å². The zero-order valence-corrected chi connectivity index (χ0v) is 14.5. The molecule has 2 heterocycles. The fraction of sp³-hybridized carbons (Fsp3) is 0.500. The average molecular weight is 312 g/mol. The second kappa shape index (κ2) is 5.05. The Hall–Kier alpha value is -1.90. The number of hydrogen-bond donors (Lipinski definition) is 0. The minimum Gasteiger partial charge on any atom is -0.478 e. The lowest BCUT2D eigenvalue weighted by Crippen LogP contribution is -2.37. The molecule has 0 saturated carbocycles. The van der Waals surface area contributed by atoms with Crippen LogP contribution < -0.4 is 0 Å². The molecule has 3 heteroatoms. The number of Topliss-reactive ketones (excluding diaryl/α,β-unsaturated/α-hetero) is 1. The van der Waals surface area contributed by atoms with Crippen LogP contribution >= 0.6 is 0 Å². The molecular weight excluding hydrogens is 288 g/mol. The molecule has 1 spiro atoms. The van der Waals surface area contributed by atoms with E-state index in [0.29, 0.717) is 18.4 Å². The first-order valence-corrected chi connectivity index (χ1v) is 8.22. The van der Waals surface area contributed by atoms with E-state index < -0.39 is 5.60 Å². The second-order valence-corrected chi connectivity index (χ2v) is 7.80. The quantitative estimate of drug-likeness (QED) is 0.677. The molecule has 0 amide bonds. The number of carbonyl (C=O) groups is 2. The Morgan fingerprint density at radius 2 is 1.91 bits per heavy atom. The van der Waals surface area contributed by atoms with E-state index >= 15 is 0 Å². The minimum absolute atomic E-state index is 0.00963. The van der Waals surface area contributed by atoms with Gasteiger partial charge in [0, 0.05) is 18.4 Å². The summed E-state index contributed by atoms with van der Waals surface area (Å²) in [5, 5.41) is 0. The van der Waals surface area contributed by atoms with Crippen molar-refractivity contribution in [2.75, 3.05) is 0 Å². The highest BCUT2D eigenvalue weighted by atomic mass is 16.5. The van der Waals surface area contributed by atoms with Crippen LogP contribution in [0.1, 0.15) is 47.5 Å². The third-order valence-corrected chi connectivity index (χ3v) is 5.03. The van der Waals surface area contributed by atoms with Gasteiger partial charge in [0.25, 0.3) is 0 Å². The predicted octanol–water partition coefficient (Wildman–Crippen LogP) is 4.07. The lowest BCUT2D eigenvalue weighted by Gasteiger charge is -2.28. The van der Waals surface area contributed by atoms with Gasteiger partial charge in [-0.25, -0.2) is 0 Å². The van der Waals surface area contributed by atoms with E-state index in [1.165, 1.54) is 0 Å². The minimum atomic E-state index is -0.916. The smallest absolute Gasteiger partial charge is 0.210 e. The summed E-state index contributed by atoms with van der Waals surface area (Å²) < 4.78 is 6.29. The summed E-state index contributed by atoms with van der Waals surface area (Å²) >= 11 is 0. The van der Waals surface area contributed by atoms with Crippen LogP contribution in [0.5, 0.6) is 0 Å². The maximum absolute atomic E-state index is 13.0. The highest BCUT2D eigenvalue weighted by Crippen LogP contribution is 2.48. The van der Waals surface area contributed by atoms with Crippen molar-refractivity contribution in [3.8, 4) is 0 Å². The topological polar surface area (TPSA) is 43.4 Å². The van der Waals surface area contributed by atoms with Gasteiger partial charge in [-0.05, 0) is 48.5 Å². The van der Waals surface area contributed by atoms with E-state index in [4.69, 9.17) is 4.74 Å². The van der Waals surface area contributed by atoms with Crippen LogP contribution in [0.3, 0.4) is 0 Å². The Kier molecular flexibility index (Phi) is 3.51. The maximum Gasteiger partial charge on any atom is 0.210 e. The van der Waals surface area contributed by atoms with Gasteiger partial charge in [0.05, 0.1) is 0 Å². The Balaban J connectivity index is 2.17. The molecule has 0 radical (unpaired) electrons. The van der Waals surface area contributed by atoms with Crippen LogP contribution in [0.4, 0.5) is 0 Å². The van der Waals surface area contributed by atoms with Crippen LogP contribution in [0.15, 0.2) is 46.8 Å². The van der Waals surface area contributed by atoms with Gasteiger partial charge < -0.3 is 4.74 Å². The number of carbonyl (C=O) groups excluding carboxylic acids is 2. The van der Waals surface area contributed by atoms with Crippen molar-refractivity contribution in [2.24, 2.45) is 11.3 Å². The van der Waals surface area contributed by atoms with Crippen molar-refractivity contribution >= 4 is 11.6 Å². The van der Waals surface area contributed by atoms with Gasteiger partial charge in [-0.15, -0.1) is 0 Å². The SMILES string of the molecule is CC1=C2CC(C)(C)/C=C/C(=O)/C(C)=C/C3=C[C@H](C)C[C@]3(O2)C1=O. The summed E-state index contributed by atoms with van der Waals surface area (Å²) in [6, 6.07) is 0. The lowest BCUT2D eigenvalue weighted by atomic mass is 9.84. The standard InChI is InChI=1S/C20H24O3/c1-12-8-15-9-13(2)16(21)6-7-19(4,5)11-17-14(3)18(22)20(15,10-12)23-17/h6-9,12H,10-11H2,1-5H3/b7-6+,13-9+/t12-,20+/m0/s1. The fourth-order valence-corrected chi connectivity index (χ4v) is 3.70. The van der Waals surface area contributed by atoms with Crippen molar-refractivity contribution in [1.29, 1.82) is 0 Å². The fourth-order valence-electron chi connectivity index (χ4n) is 3.70. The third kappa shape index (κ3) is 2.52. The monoisotopic (exact) mass is 312 g/mol. The van der Waals surface area contributed by atoms with Crippen molar-refractivity contribution in [3.05, 3.63) is 46.8 Å². The van der Waals surface area contributed by atoms with E-state index in [1.807, 2.05) is 19.1 Å². The Morgan fingerprint density at radius 1 is 1.22 bits per heavy atom. The molecule has 1 aliphatic carbocycles. The molecule has 23 heavy (non-hydrogen) atoms. The normalized spacial score (nSPS) is 36.7. The van der Waals surface area contributed by atoms with Crippen LogP contribution in [-0.4, -0.2) is 17.2 Å². The van der Waals surface area contributed by atoms with Gasteiger partial charge >= 0.3 is 0 Å². The van der Waals surface area contributed by atoms with E-state index in [1.54, 1.807) is 13.0 Å². The third-order valence-electron chi connectivity index (χ3n) is 5.03. The first-order valence-electron chi connectivity index (χ1n) is 8.22. The van der Waals surface area contributed by atoms with Crippen molar-refractivity contribution in [2.45, 2.75) is 53.1 Å². The van der Waals surface area contributed by atoms with Crippen molar-refractivity contribution in [1.82, 2.24) is 0 Å². The van der Waals surface area contributed by atoms with Crippen LogP contribution in [0.2, 0.25) is 0 Å². The van der Waals surface area contributed by atoms with E-state index in [9.17, 15) is 9.59 Å². The van der Waals surface area contributed by atoms with Gasteiger partial charge in [0.1, 0.15) is 5.76 Å². The predicted molar refractivity (Wildman–Crippen MR) is 89.7 cm³/mol. The summed E-state index contributed by atoms with van der Waals surface area (Å²) in [5.74, 6) is 1.07. The number of allylic oxidation sites excluding steroid dienone is 5. The number of hydrogen-bond acceptors (Lipinski definition) is 3. The summed E-state index contributed by atoms with van der Waals surface area (Å²) in [7, 11) is 0. The molecule has 2 bridgehead atoms. The number of ketones is 2. The second-order valence-electron chi connectivity index (χ2n) is 7.80. The lowest BCUT2D eigenvalue weighted by molar-refractivity contribution is -0.127. The number of rotatable bonds is 0. The molecular formula is C20H24O3. The first kappa shape index (κ1) is 16.0. The molecule has 122 valence electrons. The largest absolute Gasteiger partial charge is 0.478 e. The van der Waals surface area contributed by atoms with Gasteiger partial charge in [0.2, 0.25) is 5.78 Å². The summed E-state index contributed by atoms with van der Waals surface area (Å²) in [4.78, 5) is 25.3. The Bertz CT molecular complexity index is 715. The average Bonchev–Trinajstić information content (AvgIpc) is 2.88. The van der Waals surface area contributed by atoms with Gasteiger partial charge in [-0.2, -0.15) is 0 Å². The van der Waals surface area contributed by atoms with E-state index in [-0.39, 0.29) is 22.9 Å². The molecule has 0 N–H and O–H groups in total. The molecule has 3 nitrogen and oxygen atoms in total. The molecule has 0 aromatic heterocycles.